The molecule has 1 atom stereocenters. The van der Waals surface area contributed by atoms with Crippen molar-refractivity contribution in [3.8, 4) is 0 Å². The van der Waals surface area contributed by atoms with Crippen LogP contribution >= 0.6 is 0 Å². The molecule has 0 bridgehead atoms. The van der Waals surface area contributed by atoms with Gasteiger partial charge in [0.25, 0.3) is 10.2 Å². The summed E-state index contributed by atoms with van der Waals surface area (Å²) in [5.74, 6) is 1.69. The lowest BCUT2D eigenvalue weighted by molar-refractivity contribution is 0.251. The quantitative estimate of drug-likeness (QED) is 0.786. The Morgan fingerprint density at radius 3 is 2.48 bits per heavy atom. The SMILES string of the molecule is C[C@H]1CN(S(=O)(=O)N2CCCCC2)Cc2nnc(CCc3ccccc3)n21. The first-order valence-electron chi connectivity index (χ1n) is 9.77. The Bertz CT molecular complexity index is 875. The highest BCUT2D eigenvalue weighted by molar-refractivity contribution is 7.86. The zero-order chi connectivity index (χ0) is 18.9. The first-order chi connectivity index (χ1) is 13.1. The Kier molecular flexibility index (Phi) is 5.29. The van der Waals surface area contributed by atoms with Gasteiger partial charge in [0.05, 0.1) is 6.54 Å². The number of hydrogen-bond donors (Lipinski definition) is 0. The van der Waals surface area contributed by atoms with Crippen molar-refractivity contribution in [1.29, 1.82) is 0 Å². The van der Waals surface area contributed by atoms with Crippen molar-refractivity contribution in [2.24, 2.45) is 0 Å². The average Bonchev–Trinajstić information content (AvgIpc) is 3.11. The van der Waals surface area contributed by atoms with E-state index in [9.17, 15) is 8.42 Å². The molecular formula is C19H27N5O2S. The summed E-state index contributed by atoms with van der Waals surface area (Å²) in [4.78, 5) is 0. The third-order valence-corrected chi connectivity index (χ3v) is 7.46. The smallest absolute Gasteiger partial charge is 0.282 e. The van der Waals surface area contributed by atoms with E-state index in [0.717, 1.165) is 43.8 Å². The highest BCUT2D eigenvalue weighted by Crippen LogP contribution is 2.26. The number of aryl methyl sites for hydroxylation is 2. The minimum atomic E-state index is -3.42. The second-order valence-electron chi connectivity index (χ2n) is 7.50. The molecule has 1 fully saturated rings. The van der Waals surface area contributed by atoms with Crippen LogP contribution in [0.15, 0.2) is 30.3 Å². The predicted molar refractivity (Wildman–Crippen MR) is 103 cm³/mol. The molecule has 2 aromatic rings. The third-order valence-electron chi connectivity index (χ3n) is 5.51. The van der Waals surface area contributed by atoms with E-state index in [1.54, 1.807) is 8.61 Å². The van der Waals surface area contributed by atoms with Gasteiger partial charge in [-0.1, -0.05) is 36.8 Å². The van der Waals surface area contributed by atoms with Gasteiger partial charge in [-0.2, -0.15) is 17.0 Å². The Hall–Kier alpha value is -1.77. The van der Waals surface area contributed by atoms with Crippen LogP contribution in [0.2, 0.25) is 0 Å². The largest absolute Gasteiger partial charge is 0.310 e. The summed E-state index contributed by atoms with van der Waals surface area (Å²) in [6, 6.07) is 10.4. The predicted octanol–water partition coefficient (Wildman–Crippen LogP) is 2.17. The zero-order valence-corrected chi connectivity index (χ0v) is 16.6. The second kappa shape index (κ2) is 7.69. The van der Waals surface area contributed by atoms with Crippen LogP contribution in [0.1, 0.15) is 49.4 Å². The van der Waals surface area contributed by atoms with Crippen molar-refractivity contribution >= 4 is 10.2 Å². The Morgan fingerprint density at radius 1 is 1.00 bits per heavy atom. The van der Waals surface area contributed by atoms with Gasteiger partial charge in [-0.3, -0.25) is 0 Å². The molecular weight excluding hydrogens is 362 g/mol. The van der Waals surface area contributed by atoms with Crippen LogP contribution in [0.4, 0.5) is 0 Å². The van der Waals surface area contributed by atoms with E-state index in [2.05, 4.69) is 33.8 Å². The molecule has 4 rings (SSSR count). The van der Waals surface area contributed by atoms with Gasteiger partial charge in [-0.15, -0.1) is 10.2 Å². The lowest BCUT2D eigenvalue weighted by atomic mass is 10.1. The molecule has 7 nitrogen and oxygen atoms in total. The molecule has 0 radical (unpaired) electrons. The molecule has 1 saturated heterocycles. The van der Waals surface area contributed by atoms with Gasteiger partial charge < -0.3 is 4.57 Å². The molecule has 1 aromatic heterocycles. The van der Waals surface area contributed by atoms with Crippen molar-refractivity contribution in [1.82, 2.24) is 23.4 Å². The van der Waals surface area contributed by atoms with Crippen molar-refractivity contribution in [3.63, 3.8) is 0 Å². The zero-order valence-electron chi connectivity index (χ0n) is 15.8. The maximum absolute atomic E-state index is 13.0. The first kappa shape index (κ1) is 18.6. The Balaban J connectivity index is 1.49. The molecule has 27 heavy (non-hydrogen) atoms. The minimum absolute atomic E-state index is 0.0362. The van der Waals surface area contributed by atoms with Crippen molar-refractivity contribution in [2.75, 3.05) is 19.6 Å². The third kappa shape index (κ3) is 3.79. The van der Waals surface area contributed by atoms with Crippen molar-refractivity contribution in [2.45, 2.75) is 51.6 Å². The van der Waals surface area contributed by atoms with E-state index in [0.29, 0.717) is 26.2 Å². The molecule has 8 heteroatoms. The van der Waals surface area contributed by atoms with Gasteiger partial charge in [-0.25, -0.2) is 0 Å². The first-order valence-corrected chi connectivity index (χ1v) is 11.2. The standard InChI is InChI=1S/C19H27N5O2S/c1-16-14-23(27(25,26)22-12-6-3-7-13-22)15-19-21-20-18(24(16)19)11-10-17-8-4-2-5-9-17/h2,4-5,8-9,16H,3,6-7,10-15H2,1H3/t16-/m0/s1. The normalized spacial score (nSPS) is 21.9. The van der Waals surface area contributed by atoms with Crippen molar-refractivity contribution < 1.29 is 8.42 Å². The molecule has 0 unspecified atom stereocenters. The summed E-state index contributed by atoms with van der Waals surface area (Å²) >= 11 is 0. The van der Waals surface area contributed by atoms with E-state index in [1.165, 1.54) is 5.56 Å². The molecule has 0 spiro atoms. The van der Waals surface area contributed by atoms with Crippen LogP contribution in [0, 0.1) is 0 Å². The number of aromatic nitrogens is 3. The summed E-state index contributed by atoms with van der Waals surface area (Å²) in [5, 5.41) is 8.69. The molecule has 3 heterocycles. The topological polar surface area (TPSA) is 71.3 Å². The molecule has 1 aromatic carbocycles. The van der Waals surface area contributed by atoms with Crippen molar-refractivity contribution in [3.05, 3.63) is 47.5 Å². The number of rotatable bonds is 5. The van der Waals surface area contributed by atoms with E-state index >= 15 is 0 Å². The summed E-state index contributed by atoms with van der Waals surface area (Å²) in [6.45, 7) is 4.09. The number of fused-ring (bicyclic) bond motifs is 1. The second-order valence-corrected chi connectivity index (χ2v) is 9.43. The van der Waals surface area contributed by atoms with Crippen LogP contribution < -0.4 is 0 Å². The molecule has 0 amide bonds. The molecule has 2 aliphatic heterocycles. The van der Waals surface area contributed by atoms with Crippen LogP contribution in [-0.4, -0.2) is 51.4 Å². The molecule has 2 aliphatic rings. The van der Waals surface area contributed by atoms with Gasteiger partial charge in [0.2, 0.25) is 0 Å². The van der Waals surface area contributed by atoms with Gasteiger partial charge in [0.1, 0.15) is 11.6 Å². The van der Waals surface area contributed by atoms with E-state index in [1.807, 2.05) is 18.2 Å². The van der Waals surface area contributed by atoms with Crippen LogP contribution in [-0.2, 0) is 29.6 Å². The van der Waals surface area contributed by atoms with Crippen LogP contribution in [0.3, 0.4) is 0 Å². The summed E-state index contributed by atoms with van der Waals surface area (Å²) < 4.78 is 31.4. The van der Waals surface area contributed by atoms with E-state index in [-0.39, 0.29) is 6.04 Å². The minimum Gasteiger partial charge on any atom is -0.310 e. The number of benzene rings is 1. The fourth-order valence-corrected chi connectivity index (χ4v) is 5.81. The fourth-order valence-electron chi connectivity index (χ4n) is 4.08. The van der Waals surface area contributed by atoms with Gasteiger partial charge in [-0.05, 0) is 31.7 Å². The number of hydrogen-bond acceptors (Lipinski definition) is 4. The highest BCUT2D eigenvalue weighted by Gasteiger charge is 2.36. The van der Waals surface area contributed by atoms with Gasteiger partial charge in [0.15, 0.2) is 0 Å². The Morgan fingerprint density at radius 2 is 1.74 bits per heavy atom. The maximum atomic E-state index is 13.0. The lowest BCUT2D eigenvalue weighted by Crippen LogP contribution is -2.49. The summed E-state index contributed by atoms with van der Waals surface area (Å²) in [5.41, 5.74) is 1.27. The highest BCUT2D eigenvalue weighted by atomic mass is 32.2. The fraction of sp³-hybridized carbons (Fsp3) is 0.579. The van der Waals surface area contributed by atoms with Crippen LogP contribution in [0.25, 0.3) is 0 Å². The van der Waals surface area contributed by atoms with Gasteiger partial charge in [0, 0.05) is 32.1 Å². The number of piperidine rings is 1. The Labute approximate surface area is 161 Å². The van der Waals surface area contributed by atoms with Crippen LogP contribution in [0.5, 0.6) is 0 Å². The summed E-state index contributed by atoms with van der Waals surface area (Å²) in [6.07, 6.45) is 4.72. The average molecular weight is 390 g/mol. The molecule has 146 valence electrons. The monoisotopic (exact) mass is 389 g/mol. The summed E-state index contributed by atoms with van der Waals surface area (Å²) in [7, 11) is -3.42. The molecule has 0 aliphatic carbocycles. The maximum Gasteiger partial charge on any atom is 0.282 e. The molecule has 0 saturated carbocycles. The molecule has 0 N–H and O–H groups in total. The lowest BCUT2D eigenvalue weighted by Gasteiger charge is -2.36. The van der Waals surface area contributed by atoms with E-state index in [4.69, 9.17) is 0 Å². The number of nitrogens with zero attached hydrogens (tertiary/aromatic N) is 5. The van der Waals surface area contributed by atoms with Gasteiger partial charge >= 0.3 is 0 Å². The van der Waals surface area contributed by atoms with E-state index < -0.39 is 10.2 Å².